The van der Waals surface area contributed by atoms with Gasteiger partial charge in [-0.1, -0.05) is 24.3 Å². The maximum Gasteiger partial charge on any atom is 0.417 e. The molecule has 0 radical (unpaired) electrons. The van der Waals surface area contributed by atoms with Crippen LogP contribution in [0.1, 0.15) is 27.9 Å². The average Bonchev–Trinajstić information content (AvgIpc) is 3.22. The molecule has 0 saturated carbocycles. The number of amidine groups is 1. The molecule has 2 aliphatic rings. The Bertz CT molecular complexity index is 1320. The van der Waals surface area contributed by atoms with Crippen LogP contribution < -0.4 is 9.47 Å². The number of benzene rings is 3. The van der Waals surface area contributed by atoms with Gasteiger partial charge in [-0.25, -0.2) is 4.99 Å². The summed E-state index contributed by atoms with van der Waals surface area (Å²) < 4.78 is 52.1. The number of ether oxygens (including phenoxy) is 2. The summed E-state index contributed by atoms with van der Waals surface area (Å²) in [5, 5.41) is 0. The maximum atomic E-state index is 13.5. The van der Waals surface area contributed by atoms with Crippen molar-refractivity contribution in [1.82, 2.24) is 9.80 Å². The van der Waals surface area contributed by atoms with E-state index in [9.17, 15) is 18.0 Å². The number of halogens is 3. The Morgan fingerprint density at radius 1 is 0.944 bits per heavy atom. The summed E-state index contributed by atoms with van der Waals surface area (Å²) in [6, 6.07) is 17.9. The van der Waals surface area contributed by atoms with Crippen molar-refractivity contribution in [3.63, 3.8) is 0 Å². The summed E-state index contributed by atoms with van der Waals surface area (Å²) in [7, 11) is 1.58. The molecule has 1 fully saturated rings. The lowest BCUT2D eigenvalue weighted by Gasteiger charge is -2.26. The van der Waals surface area contributed by atoms with E-state index >= 15 is 0 Å². The lowest BCUT2D eigenvalue weighted by Crippen LogP contribution is -2.38. The molecule has 1 amide bonds. The van der Waals surface area contributed by atoms with Crippen LogP contribution in [0.5, 0.6) is 17.2 Å². The summed E-state index contributed by atoms with van der Waals surface area (Å²) in [6.07, 6.45) is -4.03. The predicted molar refractivity (Wildman–Crippen MR) is 129 cm³/mol. The minimum Gasteiger partial charge on any atom is -0.497 e. The minimum absolute atomic E-state index is 0.256. The number of methoxy groups -OCH3 is 1. The molecular weight excluding hydrogens is 471 g/mol. The van der Waals surface area contributed by atoms with Crippen molar-refractivity contribution in [2.75, 3.05) is 33.3 Å². The molecule has 0 bridgehead atoms. The van der Waals surface area contributed by atoms with Crippen molar-refractivity contribution in [3.8, 4) is 17.2 Å². The highest BCUT2D eigenvalue weighted by atomic mass is 19.4. The Kier molecular flexibility index (Phi) is 6.30. The van der Waals surface area contributed by atoms with Gasteiger partial charge in [0.15, 0.2) is 5.75 Å². The molecule has 0 aromatic heterocycles. The molecule has 2 aliphatic heterocycles. The number of hydrogen-bond acceptors (Lipinski definition) is 5. The zero-order valence-corrected chi connectivity index (χ0v) is 19.6. The van der Waals surface area contributed by atoms with E-state index < -0.39 is 17.6 Å². The molecule has 5 rings (SSSR count). The number of nitrogens with zero attached hydrogens (tertiary/aromatic N) is 3. The van der Waals surface area contributed by atoms with Gasteiger partial charge in [0.1, 0.15) is 23.0 Å². The van der Waals surface area contributed by atoms with Gasteiger partial charge < -0.3 is 19.3 Å². The van der Waals surface area contributed by atoms with Gasteiger partial charge >= 0.3 is 6.18 Å². The standard InChI is InChI=1S/C27H24F3N3O3/c1-35-18-11-12-23-20(17-18)25(31-22-9-4-5-10-24(22)36-23)32-13-6-14-33(16-15-32)26(34)19-7-2-3-8-21(19)27(28,29)30/h2-5,7-12,17H,6,13-16H2,1H3. The number of amides is 1. The third kappa shape index (κ3) is 4.60. The molecular formula is C27H24F3N3O3. The number of hydrogen-bond donors (Lipinski definition) is 0. The van der Waals surface area contributed by atoms with Gasteiger partial charge in [0.2, 0.25) is 0 Å². The van der Waals surface area contributed by atoms with Crippen LogP contribution in [-0.4, -0.2) is 54.8 Å². The second kappa shape index (κ2) is 9.56. The number of fused-ring (bicyclic) bond motifs is 2. The fraction of sp³-hybridized carbons (Fsp3) is 0.259. The Balaban J connectivity index is 1.45. The quantitative estimate of drug-likeness (QED) is 0.455. The first-order valence-electron chi connectivity index (χ1n) is 11.6. The monoisotopic (exact) mass is 495 g/mol. The molecule has 186 valence electrons. The number of para-hydroxylation sites is 2. The zero-order chi connectivity index (χ0) is 25.3. The van der Waals surface area contributed by atoms with Crippen LogP contribution in [0.2, 0.25) is 0 Å². The third-order valence-corrected chi connectivity index (χ3v) is 6.28. The minimum atomic E-state index is -4.60. The Labute approximate surface area is 206 Å². The summed E-state index contributed by atoms with van der Waals surface area (Å²) in [4.78, 5) is 21.6. The van der Waals surface area contributed by atoms with E-state index in [1.807, 2.05) is 47.4 Å². The van der Waals surface area contributed by atoms with E-state index in [1.54, 1.807) is 7.11 Å². The first-order chi connectivity index (χ1) is 17.3. The van der Waals surface area contributed by atoms with Gasteiger partial charge in [0.25, 0.3) is 5.91 Å². The van der Waals surface area contributed by atoms with Crippen molar-refractivity contribution >= 4 is 17.4 Å². The summed E-state index contributed by atoms with van der Waals surface area (Å²) in [6.45, 7) is 1.57. The highest BCUT2D eigenvalue weighted by Gasteiger charge is 2.36. The second-order valence-corrected chi connectivity index (χ2v) is 8.54. The fourth-order valence-corrected chi connectivity index (χ4v) is 4.49. The first kappa shape index (κ1) is 23.7. The van der Waals surface area contributed by atoms with Crippen LogP contribution >= 0.6 is 0 Å². The van der Waals surface area contributed by atoms with Gasteiger partial charge in [-0.2, -0.15) is 13.2 Å². The molecule has 6 nitrogen and oxygen atoms in total. The zero-order valence-electron chi connectivity index (χ0n) is 19.6. The van der Waals surface area contributed by atoms with E-state index in [0.717, 1.165) is 11.6 Å². The van der Waals surface area contributed by atoms with Gasteiger partial charge in [-0.3, -0.25) is 4.79 Å². The fourth-order valence-electron chi connectivity index (χ4n) is 4.49. The van der Waals surface area contributed by atoms with Crippen molar-refractivity contribution in [1.29, 1.82) is 0 Å². The predicted octanol–water partition coefficient (Wildman–Crippen LogP) is 5.75. The Hall–Kier alpha value is -4.01. The SMILES string of the molecule is COc1ccc2c(c1)C(N1CCCN(C(=O)c3ccccc3C(F)(F)F)CC1)=Nc1ccccc1O2. The van der Waals surface area contributed by atoms with Crippen LogP contribution in [0.15, 0.2) is 71.7 Å². The first-order valence-corrected chi connectivity index (χ1v) is 11.6. The normalized spacial score (nSPS) is 15.6. The summed E-state index contributed by atoms with van der Waals surface area (Å²) >= 11 is 0. The van der Waals surface area contributed by atoms with E-state index in [2.05, 4.69) is 0 Å². The van der Waals surface area contributed by atoms with Crippen molar-refractivity contribution in [2.24, 2.45) is 4.99 Å². The lowest BCUT2D eigenvalue weighted by molar-refractivity contribution is -0.138. The van der Waals surface area contributed by atoms with E-state index in [-0.39, 0.29) is 12.1 Å². The number of aliphatic imine (C=N–C) groups is 1. The molecule has 0 spiro atoms. The number of carbonyl (C=O) groups is 1. The topological polar surface area (TPSA) is 54.4 Å². The highest BCUT2D eigenvalue weighted by Crippen LogP contribution is 2.39. The van der Waals surface area contributed by atoms with Crippen molar-refractivity contribution in [3.05, 3.63) is 83.4 Å². The van der Waals surface area contributed by atoms with Crippen LogP contribution in [0.3, 0.4) is 0 Å². The lowest BCUT2D eigenvalue weighted by atomic mass is 10.1. The van der Waals surface area contributed by atoms with Gasteiger partial charge in [-0.05, 0) is 48.9 Å². The van der Waals surface area contributed by atoms with E-state index in [1.165, 1.54) is 23.1 Å². The molecule has 0 N–H and O–H groups in total. The van der Waals surface area contributed by atoms with Gasteiger partial charge in [0.05, 0.1) is 23.8 Å². The number of alkyl halides is 3. The molecule has 0 atom stereocenters. The summed E-state index contributed by atoms with van der Waals surface area (Å²) in [5.41, 5.74) is 0.161. The van der Waals surface area contributed by atoms with E-state index in [0.29, 0.717) is 54.8 Å². The van der Waals surface area contributed by atoms with Gasteiger partial charge in [0, 0.05) is 26.2 Å². The number of carbonyl (C=O) groups excluding carboxylic acids is 1. The molecule has 1 saturated heterocycles. The number of rotatable bonds is 2. The molecule has 0 unspecified atom stereocenters. The molecule has 36 heavy (non-hydrogen) atoms. The van der Waals surface area contributed by atoms with Crippen LogP contribution in [0.4, 0.5) is 18.9 Å². The smallest absolute Gasteiger partial charge is 0.417 e. The van der Waals surface area contributed by atoms with Gasteiger partial charge in [-0.15, -0.1) is 0 Å². The van der Waals surface area contributed by atoms with Crippen molar-refractivity contribution in [2.45, 2.75) is 12.6 Å². The maximum absolute atomic E-state index is 13.5. The Morgan fingerprint density at radius 2 is 1.72 bits per heavy atom. The second-order valence-electron chi connectivity index (χ2n) is 8.54. The van der Waals surface area contributed by atoms with Crippen molar-refractivity contribution < 1.29 is 27.4 Å². The molecule has 9 heteroatoms. The van der Waals surface area contributed by atoms with Crippen LogP contribution in [-0.2, 0) is 6.18 Å². The third-order valence-electron chi connectivity index (χ3n) is 6.28. The van der Waals surface area contributed by atoms with Crippen LogP contribution in [0.25, 0.3) is 0 Å². The van der Waals surface area contributed by atoms with E-state index in [4.69, 9.17) is 14.5 Å². The summed E-state index contributed by atoms with van der Waals surface area (Å²) in [5.74, 6) is 1.93. The molecule has 0 aliphatic carbocycles. The largest absolute Gasteiger partial charge is 0.497 e. The Morgan fingerprint density at radius 3 is 2.53 bits per heavy atom. The highest BCUT2D eigenvalue weighted by molar-refractivity contribution is 6.04. The molecule has 2 heterocycles. The average molecular weight is 496 g/mol. The van der Waals surface area contributed by atoms with Crippen LogP contribution in [0, 0.1) is 0 Å². The molecule has 3 aromatic carbocycles. The molecule has 3 aromatic rings.